The van der Waals surface area contributed by atoms with Gasteiger partial charge in [-0.1, -0.05) is 6.92 Å². The summed E-state index contributed by atoms with van der Waals surface area (Å²) in [6.45, 7) is 6.33. The summed E-state index contributed by atoms with van der Waals surface area (Å²) in [6.07, 6.45) is 3.57. The van der Waals surface area contributed by atoms with E-state index >= 15 is 0 Å². The summed E-state index contributed by atoms with van der Waals surface area (Å²) in [5.74, 6) is 6.86. The third-order valence-corrected chi connectivity index (χ3v) is 4.06. The second-order valence-electron chi connectivity index (χ2n) is 5.08. The molecule has 2 heterocycles. The Morgan fingerprint density at radius 2 is 1.95 bits per heavy atom. The van der Waals surface area contributed by atoms with Crippen LogP contribution in [-0.2, 0) is 4.74 Å². The van der Waals surface area contributed by atoms with Crippen LogP contribution in [0.2, 0.25) is 0 Å². The molecule has 3 N–H and O–H groups in total. The zero-order chi connectivity index (χ0) is 14.0. The van der Waals surface area contributed by atoms with E-state index in [1.54, 1.807) is 19.5 Å². The van der Waals surface area contributed by atoms with E-state index in [0.29, 0.717) is 11.8 Å². The number of ether oxygens (including phenoxy) is 2. The molecule has 1 aliphatic heterocycles. The van der Waals surface area contributed by atoms with E-state index < -0.39 is 0 Å². The first-order valence-corrected chi connectivity index (χ1v) is 6.56. The molecule has 5 atom stereocenters. The normalized spacial score (nSPS) is 32.3. The van der Waals surface area contributed by atoms with Crippen molar-refractivity contribution >= 4 is 0 Å². The zero-order valence-electron chi connectivity index (χ0n) is 11.8. The van der Waals surface area contributed by atoms with E-state index in [2.05, 4.69) is 36.2 Å². The Balaban J connectivity index is 2.34. The standard InChI is InChI=1S/C13H22N4O2/c1-7-8(2)19-9(3)10(7)11(17-14)12-13(18-4)16-6-5-15-12/h5-11,17H,14H2,1-4H3. The van der Waals surface area contributed by atoms with E-state index in [-0.39, 0.29) is 24.2 Å². The van der Waals surface area contributed by atoms with Crippen molar-refractivity contribution in [1.29, 1.82) is 0 Å². The second kappa shape index (κ2) is 5.81. The van der Waals surface area contributed by atoms with Crippen LogP contribution in [0.15, 0.2) is 12.4 Å². The maximum Gasteiger partial charge on any atom is 0.237 e. The number of nitrogens with two attached hydrogens (primary N) is 1. The molecule has 1 fully saturated rings. The van der Waals surface area contributed by atoms with E-state index in [0.717, 1.165) is 5.69 Å². The average molecular weight is 266 g/mol. The van der Waals surface area contributed by atoms with Gasteiger partial charge in [0.2, 0.25) is 5.88 Å². The van der Waals surface area contributed by atoms with Crippen LogP contribution in [0.25, 0.3) is 0 Å². The van der Waals surface area contributed by atoms with Gasteiger partial charge in [-0.25, -0.2) is 4.98 Å². The lowest BCUT2D eigenvalue weighted by atomic mass is 9.82. The quantitative estimate of drug-likeness (QED) is 0.626. The maximum absolute atomic E-state index is 5.88. The highest BCUT2D eigenvalue weighted by atomic mass is 16.5. The molecule has 106 valence electrons. The summed E-state index contributed by atoms with van der Waals surface area (Å²) >= 11 is 0. The van der Waals surface area contributed by atoms with Gasteiger partial charge in [0.25, 0.3) is 0 Å². The Morgan fingerprint density at radius 3 is 2.47 bits per heavy atom. The average Bonchev–Trinajstić information content (AvgIpc) is 2.67. The van der Waals surface area contributed by atoms with Gasteiger partial charge in [0.15, 0.2) is 0 Å². The highest BCUT2D eigenvalue weighted by Gasteiger charge is 2.43. The first kappa shape index (κ1) is 14.2. The highest BCUT2D eigenvalue weighted by molar-refractivity contribution is 5.22. The van der Waals surface area contributed by atoms with Gasteiger partial charge in [0.1, 0.15) is 5.69 Å². The minimum Gasteiger partial charge on any atom is -0.480 e. The Kier molecular flexibility index (Phi) is 4.34. The second-order valence-corrected chi connectivity index (χ2v) is 5.08. The van der Waals surface area contributed by atoms with Gasteiger partial charge in [-0.3, -0.25) is 16.3 Å². The summed E-state index contributed by atoms with van der Waals surface area (Å²) in [5, 5.41) is 0. The molecule has 19 heavy (non-hydrogen) atoms. The smallest absolute Gasteiger partial charge is 0.237 e. The Bertz CT molecular complexity index is 429. The summed E-state index contributed by atoms with van der Waals surface area (Å²) in [4.78, 5) is 8.56. The lowest BCUT2D eigenvalue weighted by Gasteiger charge is -2.28. The molecular weight excluding hydrogens is 244 g/mol. The molecule has 1 aromatic heterocycles. The van der Waals surface area contributed by atoms with Gasteiger partial charge in [-0.2, -0.15) is 0 Å². The molecule has 2 rings (SSSR count). The molecule has 0 bridgehead atoms. The van der Waals surface area contributed by atoms with Gasteiger partial charge < -0.3 is 9.47 Å². The number of methoxy groups -OCH3 is 1. The number of aromatic nitrogens is 2. The third-order valence-electron chi connectivity index (χ3n) is 4.06. The maximum atomic E-state index is 5.88. The first-order chi connectivity index (χ1) is 9.10. The van der Waals surface area contributed by atoms with Crippen LogP contribution < -0.4 is 16.0 Å². The van der Waals surface area contributed by atoms with Crippen molar-refractivity contribution in [2.75, 3.05) is 7.11 Å². The van der Waals surface area contributed by atoms with Crippen molar-refractivity contribution in [2.45, 2.75) is 39.0 Å². The van der Waals surface area contributed by atoms with Crippen molar-refractivity contribution in [3.8, 4) is 5.88 Å². The number of nitrogens with one attached hydrogen (secondary N) is 1. The largest absolute Gasteiger partial charge is 0.480 e. The minimum absolute atomic E-state index is 0.109. The lowest BCUT2D eigenvalue weighted by molar-refractivity contribution is 0.0472. The van der Waals surface area contributed by atoms with E-state index in [1.165, 1.54) is 0 Å². The fraction of sp³-hybridized carbons (Fsp3) is 0.692. The molecule has 0 aromatic carbocycles. The van der Waals surface area contributed by atoms with Crippen LogP contribution in [0.4, 0.5) is 0 Å². The number of hydrogen-bond donors (Lipinski definition) is 2. The number of rotatable bonds is 4. The molecule has 5 unspecified atom stereocenters. The van der Waals surface area contributed by atoms with Crippen molar-refractivity contribution in [3.63, 3.8) is 0 Å². The molecular formula is C13H22N4O2. The van der Waals surface area contributed by atoms with E-state index in [9.17, 15) is 0 Å². The zero-order valence-corrected chi connectivity index (χ0v) is 11.8. The summed E-state index contributed by atoms with van der Waals surface area (Å²) in [7, 11) is 1.59. The molecule has 6 heteroatoms. The molecule has 1 saturated heterocycles. The van der Waals surface area contributed by atoms with Crippen molar-refractivity contribution in [1.82, 2.24) is 15.4 Å². The van der Waals surface area contributed by atoms with Gasteiger partial charge >= 0.3 is 0 Å². The van der Waals surface area contributed by atoms with Crippen LogP contribution in [0.5, 0.6) is 5.88 Å². The molecule has 0 saturated carbocycles. The fourth-order valence-electron chi connectivity index (χ4n) is 2.95. The van der Waals surface area contributed by atoms with Crippen molar-refractivity contribution < 1.29 is 9.47 Å². The van der Waals surface area contributed by atoms with Crippen LogP contribution >= 0.6 is 0 Å². The van der Waals surface area contributed by atoms with E-state index in [4.69, 9.17) is 15.3 Å². The topological polar surface area (TPSA) is 82.3 Å². The molecule has 0 radical (unpaired) electrons. The number of hydrazine groups is 1. The van der Waals surface area contributed by atoms with Crippen molar-refractivity contribution in [3.05, 3.63) is 18.1 Å². The molecule has 6 nitrogen and oxygen atoms in total. The molecule has 0 aliphatic carbocycles. The van der Waals surface area contributed by atoms with Gasteiger partial charge in [-0.05, 0) is 19.8 Å². The summed E-state index contributed by atoms with van der Waals surface area (Å²) < 4.78 is 11.2. The number of nitrogens with zero attached hydrogens (tertiary/aromatic N) is 2. The monoisotopic (exact) mass is 266 g/mol. The van der Waals surface area contributed by atoms with Crippen LogP contribution in [0.1, 0.15) is 32.5 Å². The van der Waals surface area contributed by atoms with Gasteiger partial charge in [-0.15, -0.1) is 0 Å². The molecule has 0 amide bonds. The third kappa shape index (κ3) is 2.56. The number of hydrogen-bond acceptors (Lipinski definition) is 6. The molecule has 0 spiro atoms. The summed E-state index contributed by atoms with van der Waals surface area (Å²) in [5.41, 5.74) is 3.58. The fourth-order valence-corrected chi connectivity index (χ4v) is 2.95. The molecule has 1 aliphatic rings. The SMILES string of the molecule is COc1nccnc1C(NN)C1C(C)OC(C)C1C. The Labute approximate surface area is 113 Å². The van der Waals surface area contributed by atoms with Crippen molar-refractivity contribution in [2.24, 2.45) is 17.7 Å². The van der Waals surface area contributed by atoms with Crippen LogP contribution in [-0.4, -0.2) is 29.3 Å². The van der Waals surface area contributed by atoms with Gasteiger partial charge in [0.05, 0.1) is 25.4 Å². The highest BCUT2D eigenvalue weighted by Crippen LogP contribution is 2.41. The predicted octanol–water partition coefficient (Wildman–Crippen LogP) is 1.05. The minimum atomic E-state index is -0.140. The first-order valence-electron chi connectivity index (χ1n) is 6.56. The van der Waals surface area contributed by atoms with Crippen LogP contribution in [0.3, 0.4) is 0 Å². The van der Waals surface area contributed by atoms with E-state index in [1.807, 2.05) is 0 Å². The van der Waals surface area contributed by atoms with Gasteiger partial charge in [0, 0.05) is 18.3 Å². The summed E-state index contributed by atoms with van der Waals surface area (Å²) in [6, 6.07) is -0.140. The molecule has 1 aromatic rings. The lowest BCUT2D eigenvalue weighted by Crippen LogP contribution is -2.39. The van der Waals surface area contributed by atoms with Crippen LogP contribution in [0, 0.1) is 11.8 Å². The Hall–Kier alpha value is -1.24. The predicted molar refractivity (Wildman–Crippen MR) is 71.3 cm³/mol. The Morgan fingerprint density at radius 1 is 1.26 bits per heavy atom.